The number of aromatic nitrogens is 2. The van der Waals surface area contributed by atoms with E-state index < -0.39 is 15.7 Å². The molecule has 1 amide bonds. The third-order valence-corrected chi connectivity index (χ3v) is 5.25. The number of H-pyrrole nitrogens is 1. The zero-order valence-electron chi connectivity index (χ0n) is 13.5. The molecule has 0 aliphatic carbocycles. The third kappa shape index (κ3) is 5.16. The fraction of sp³-hybridized carbons (Fsp3) is 0.375. The molecule has 1 heterocycles. The summed E-state index contributed by atoms with van der Waals surface area (Å²) >= 11 is 0. The van der Waals surface area contributed by atoms with E-state index in [2.05, 4.69) is 15.5 Å². The molecule has 2 rings (SSSR count). The lowest BCUT2D eigenvalue weighted by Crippen LogP contribution is -2.30. The van der Waals surface area contributed by atoms with E-state index in [4.69, 9.17) is 0 Å². The number of rotatable bonds is 7. The first kappa shape index (κ1) is 18.1. The van der Waals surface area contributed by atoms with Crippen molar-refractivity contribution in [3.8, 4) is 11.3 Å². The highest BCUT2D eigenvalue weighted by atomic mass is 32.2. The molecule has 24 heavy (non-hydrogen) atoms. The minimum absolute atomic E-state index is 0.0405. The van der Waals surface area contributed by atoms with Crippen LogP contribution in [0.2, 0.25) is 0 Å². The lowest BCUT2D eigenvalue weighted by Gasteiger charge is -2.07. The maximum absolute atomic E-state index is 12.9. The molecule has 0 saturated heterocycles. The molecule has 2 aromatic rings. The van der Waals surface area contributed by atoms with Crippen LogP contribution in [0.25, 0.3) is 11.3 Å². The van der Waals surface area contributed by atoms with Gasteiger partial charge in [-0.15, -0.1) is 0 Å². The zero-order valence-corrected chi connectivity index (χ0v) is 14.4. The molecule has 0 radical (unpaired) electrons. The number of hydrogen-bond acceptors (Lipinski definition) is 4. The minimum Gasteiger partial charge on any atom is -0.350 e. The van der Waals surface area contributed by atoms with E-state index in [1.807, 2.05) is 13.8 Å². The molecule has 6 nitrogen and oxygen atoms in total. The number of benzene rings is 1. The van der Waals surface area contributed by atoms with Crippen molar-refractivity contribution in [3.63, 3.8) is 0 Å². The molecule has 0 aliphatic rings. The fourth-order valence-electron chi connectivity index (χ4n) is 2.21. The van der Waals surface area contributed by atoms with Crippen LogP contribution in [0.4, 0.5) is 4.39 Å². The van der Waals surface area contributed by atoms with Crippen molar-refractivity contribution < 1.29 is 17.6 Å². The zero-order chi connectivity index (χ0) is 17.7. The maximum atomic E-state index is 12.9. The highest BCUT2D eigenvalue weighted by Gasteiger charge is 2.15. The Kier molecular flexibility index (Phi) is 5.71. The van der Waals surface area contributed by atoms with Crippen LogP contribution in [-0.4, -0.2) is 42.6 Å². The van der Waals surface area contributed by atoms with E-state index in [0.29, 0.717) is 11.3 Å². The summed E-state index contributed by atoms with van der Waals surface area (Å²) in [5, 5.41) is 9.15. The van der Waals surface area contributed by atoms with Crippen LogP contribution >= 0.6 is 0 Å². The van der Waals surface area contributed by atoms with Crippen LogP contribution in [0.3, 0.4) is 0 Å². The predicted octanol–water partition coefficient (Wildman–Crippen LogP) is 2.02. The SMILES string of the molecule is CC(C)CS(=O)(=O)CCNC(=O)c1cc(-c2ccc(F)cc2)n[nH]1. The Hall–Kier alpha value is -2.22. The average Bonchev–Trinajstić information content (AvgIpc) is 2.96. The van der Waals surface area contributed by atoms with Gasteiger partial charge in [0, 0.05) is 12.1 Å². The van der Waals surface area contributed by atoms with Gasteiger partial charge in [0.2, 0.25) is 0 Å². The Morgan fingerprint density at radius 2 is 1.96 bits per heavy atom. The number of nitrogens with one attached hydrogen (secondary N) is 2. The van der Waals surface area contributed by atoms with Crippen LogP contribution in [0.15, 0.2) is 30.3 Å². The summed E-state index contributed by atoms with van der Waals surface area (Å²) < 4.78 is 36.5. The van der Waals surface area contributed by atoms with Gasteiger partial charge in [0.25, 0.3) is 5.91 Å². The molecule has 1 aromatic carbocycles. The summed E-state index contributed by atoms with van der Waals surface area (Å²) in [6.07, 6.45) is 0. The lowest BCUT2D eigenvalue weighted by molar-refractivity contribution is 0.0951. The van der Waals surface area contributed by atoms with Crippen molar-refractivity contribution in [3.05, 3.63) is 41.8 Å². The number of amides is 1. The topological polar surface area (TPSA) is 91.9 Å². The first-order valence-electron chi connectivity index (χ1n) is 7.57. The Bertz CT molecular complexity index is 798. The van der Waals surface area contributed by atoms with Gasteiger partial charge in [-0.25, -0.2) is 12.8 Å². The molecular formula is C16H20FN3O3S. The Morgan fingerprint density at radius 3 is 2.58 bits per heavy atom. The molecule has 8 heteroatoms. The summed E-state index contributed by atoms with van der Waals surface area (Å²) in [6.45, 7) is 3.70. The minimum atomic E-state index is -3.18. The highest BCUT2D eigenvalue weighted by Crippen LogP contribution is 2.17. The Balaban J connectivity index is 1.93. The average molecular weight is 353 g/mol. The lowest BCUT2D eigenvalue weighted by atomic mass is 10.1. The molecule has 0 bridgehead atoms. The van der Waals surface area contributed by atoms with Gasteiger partial charge in [-0.3, -0.25) is 9.89 Å². The molecule has 0 unspecified atom stereocenters. The quantitative estimate of drug-likeness (QED) is 0.796. The van der Waals surface area contributed by atoms with E-state index in [0.717, 1.165) is 0 Å². The number of sulfone groups is 1. The molecule has 0 aliphatic heterocycles. The van der Waals surface area contributed by atoms with Gasteiger partial charge >= 0.3 is 0 Å². The van der Waals surface area contributed by atoms with Gasteiger partial charge in [0.1, 0.15) is 11.5 Å². The van der Waals surface area contributed by atoms with Gasteiger partial charge in [-0.2, -0.15) is 5.10 Å². The molecule has 130 valence electrons. The van der Waals surface area contributed by atoms with Crippen molar-refractivity contribution in [1.29, 1.82) is 0 Å². The van der Waals surface area contributed by atoms with Gasteiger partial charge in [-0.05, 0) is 36.2 Å². The second kappa shape index (κ2) is 7.57. The molecule has 0 spiro atoms. The number of halogens is 1. The van der Waals surface area contributed by atoms with E-state index >= 15 is 0 Å². The number of carbonyl (C=O) groups excluding carboxylic acids is 1. The van der Waals surface area contributed by atoms with E-state index in [1.54, 1.807) is 12.1 Å². The smallest absolute Gasteiger partial charge is 0.269 e. The van der Waals surface area contributed by atoms with Crippen LogP contribution < -0.4 is 5.32 Å². The second-order valence-electron chi connectivity index (χ2n) is 5.94. The standard InChI is InChI=1S/C16H20FN3O3S/c1-11(2)10-24(22,23)8-7-18-16(21)15-9-14(19-20-15)12-3-5-13(17)6-4-12/h3-6,9,11H,7-8,10H2,1-2H3,(H,18,21)(H,19,20). The molecule has 1 aromatic heterocycles. The largest absolute Gasteiger partial charge is 0.350 e. The molecule has 2 N–H and O–H groups in total. The summed E-state index contributed by atoms with van der Waals surface area (Å²) in [7, 11) is -3.18. The first-order chi connectivity index (χ1) is 11.3. The van der Waals surface area contributed by atoms with Gasteiger partial charge in [0.15, 0.2) is 9.84 Å². The summed E-state index contributed by atoms with van der Waals surface area (Å²) in [5.41, 5.74) is 1.40. The predicted molar refractivity (Wildman–Crippen MR) is 89.8 cm³/mol. The normalized spacial score (nSPS) is 11.7. The summed E-state index contributed by atoms with van der Waals surface area (Å²) in [6, 6.07) is 7.27. The van der Waals surface area contributed by atoms with Crippen molar-refractivity contribution in [1.82, 2.24) is 15.5 Å². The molecule has 0 fully saturated rings. The van der Waals surface area contributed by atoms with Crippen LogP contribution in [-0.2, 0) is 9.84 Å². The summed E-state index contributed by atoms with van der Waals surface area (Å²) in [5.74, 6) is -0.737. The van der Waals surface area contributed by atoms with Crippen molar-refractivity contribution >= 4 is 15.7 Å². The van der Waals surface area contributed by atoms with E-state index in [1.165, 1.54) is 18.2 Å². The van der Waals surface area contributed by atoms with E-state index in [-0.39, 0.29) is 35.5 Å². The van der Waals surface area contributed by atoms with Gasteiger partial charge < -0.3 is 5.32 Å². The van der Waals surface area contributed by atoms with Gasteiger partial charge in [0.05, 0.1) is 17.2 Å². The van der Waals surface area contributed by atoms with Crippen molar-refractivity contribution in [2.24, 2.45) is 5.92 Å². The van der Waals surface area contributed by atoms with Crippen LogP contribution in [0.5, 0.6) is 0 Å². The van der Waals surface area contributed by atoms with Crippen molar-refractivity contribution in [2.45, 2.75) is 13.8 Å². The monoisotopic (exact) mass is 353 g/mol. The maximum Gasteiger partial charge on any atom is 0.269 e. The van der Waals surface area contributed by atoms with Gasteiger partial charge in [-0.1, -0.05) is 13.8 Å². The highest BCUT2D eigenvalue weighted by molar-refractivity contribution is 7.91. The van der Waals surface area contributed by atoms with Crippen molar-refractivity contribution in [2.75, 3.05) is 18.1 Å². The van der Waals surface area contributed by atoms with E-state index in [9.17, 15) is 17.6 Å². The molecule has 0 atom stereocenters. The fourth-order valence-corrected chi connectivity index (χ4v) is 3.81. The van der Waals surface area contributed by atoms with Crippen LogP contribution in [0, 0.1) is 11.7 Å². The third-order valence-electron chi connectivity index (χ3n) is 3.25. The molecular weight excluding hydrogens is 333 g/mol. The number of hydrogen-bond donors (Lipinski definition) is 2. The number of aromatic amines is 1. The summed E-state index contributed by atoms with van der Waals surface area (Å²) in [4.78, 5) is 12.0. The first-order valence-corrected chi connectivity index (χ1v) is 9.39. The molecule has 0 saturated carbocycles. The Morgan fingerprint density at radius 1 is 1.29 bits per heavy atom. The van der Waals surface area contributed by atoms with Crippen LogP contribution in [0.1, 0.15) is 24.3 Å². The number of nitrogens with zero attached hydrogens (tertiary/aromatic N) is 1. The Labute approximate surface area is 140 Å². The number of carbonyl (C=O) groups is 1. The second-order valence-corrected chi connectivity index (χ2v) is 8.17.